The molecule has 2 atom stereocenters. The minimum absolute atomic E-state index is 0.0750. The molecule has 2 saturated heterocycles. The Hall–Kier alpha value is -2.71. The molecule has 4 heterocycles. The number of hydrogen-bond acceptors (Lipinski definition) is 6. The molecule has 8 nitrogen and oxygen atoms in total. The molecule has 164 valence electrons. The number of aromatic nitrogens is 1. The van der Waals surface area contributed by atoms with Crippen LogP contribution >= 0.6 is 0 Å². The SMILES string of the molecule is Cc1ncoc1C(=O)N1CCC(C2NNCC2C(=O)N2CCc3ccccc3C2)CC1. The van der Waals surface area contributed by atoms with Crippen LogP contribution in [0.5, 0.6) is 0 Å². The molecule has 31 heavy (non-hydrogen) atoms. The molecule has 2 N–H and O–H groups in total. The van der Waals surface area contributed by atoms with Gasteiger partial charge in [-0.05, 0) is 43.2 Å². The number of aryl methyl sites for hydroxylation is 1. The number of oxazole rings is 1. The molecule has 0 saturated carbocycles. The van der Waals surface area contributed by atoms with Gasteiger partial charge in [0.1, 0.15) is 0 Å². The quantitative estimate of drug-likeness (QED) is 0.778. The predicted octanol–water partition coefficient (Wildman–Crippen LogP) is 1.51. The second-order valence-corrected chi connectivity index (χ2v) is 8.83. The maximum atomic E-state index is 13.4. The van der Waals surface area contributed by atoms with Gasteiger partial charge in [-0.25, -0.2) is 4.98 Å². The summed E-state index contributed by atoms with van der Waals surface area (Å²) >= 11 is 0. The number of hydrogen-bond donors (Lipinski definition) is 2. The van der Waals surface area contributed by atoms with Gasteiger partial charge in [-0.3, -0.25) is 20.4 Å². The van der Waals surface area contributed by atoms with Crippen LogP contribution in [0.2, 0.25) is 0 Å². The number of likely N-dealkylation sites (tertiary alicyclic amines) is 1. The van der Waals surface area contributed by atoms with Crippen molar-refractivity contribution >= 4 is 11.8 Å². The first-order valence-corrected chi connectivity index (χ1v) is 11.1. The van der Waals surface area contributed by atoms with E-state index >= 15 is 0 Å². The lowest BCUT2D eigenvalue weighted by molar-refractivity contribution is -0.137. The highest BCUT2D eigenvalue weighted by Crippen LogP contribution is 2.30. The highest BCUT2D eigenvalue weighted by molar-refractivity contribution is 5.92. The van der Waals surface area contributed by atoms with Crippen molar-refractivity contribution in [3.05, 3.63) is 53.2 Å². The maximum Gasteiger partial charge on any atom is 0.291 e. The maximum absolute atomic E-state index is 13.4. The molecule has 2 aromatic rings. The molecule has 1 aromatic carbocycles. The van der Waals surface area contributed by atoms with Crippen molar-refractivity contribution in [2.45, 2.75) is 38.8 Å². The number of piperidine rings is 1. The van der Waals surface area contributed by atoms with E-state index in [1.165, 1.54) is 17.5 Å². The van der Waals surface area contributed by atoms with E-state index in [9.17, 15) is 9.59 Å². The van der Waals surface area contributed by atoms with Crippen molar-refractivity contribution in [3.63, 3.8) is 0 Å². The van der Waals surface area contributed by atoms with Crippen molar-refractivity contribution in [3.8, 4) is 0 Å². The molecule has 0 spiro atoms. The fourth-order valence-electron chi connectivity index (χ4n) is 5.23. The fourth-order valence-corrected chi connectivity index (χ4v) is 5.23. The van der Waals surface area contributed by atoms with Crippen LogP contribution < -0.4 is 10.9 Å². The van der Waals surface area contributed by atoms with Crippen LogP contribution in [0.1, 0.15) is 40.2 Å². The average Bonchev–Trinajstić information content (AvgIpc) is 3.47. The number of nitrogens with zero attached hydrogens (tertiary/aromatic N) is 3. The lowest BCUT2D eigenvalue weighted by atomic mass is 9.82. The third-order valence-electron chi connectivity index (χ3n) is 7.06. The Morgan fingerprint density at radius 2 is 1.87 bits per heavy atom. The largest absolute Gasteiger partial charge is 0.438 e. The molecule has 0 radical (unpaired) electrons. The van der Waals surface area contributed by atoms with E-state index in [1.54, 1.807) is 6.92 Å². The number of carbonyl (C=O) groups excluding carboxylic acids is 2. The smallest absolute Gasteiger partial charge is 0.291 e. The molecule has 3 aliphatic rings. The van der Waals surface area contributed by atoms with Crippen molar-refractivity contribution in [1.29, 1.82) is 0 Å². The van der Waals surface area contributed by atoms with Gasteiger partial charge >= 0.3 is 0 Å². The first-order valence-electron chi connectivity index (χ1n) is 11.1. The minimum Gasteiger partial charge on any atom is -0.438 e. The van der Waals surface area contributed by atoms with Crippen LogP contribution in [0.15, 0.2) is 35.1 Å². The van der Waals surface area contributed by atoms with Gasteiger partial charge in [0.2, 0.25) is 11.7 Å². The Kier molecular flexibility index (Phi) is 5.50. The van der Waals surface area contributed by atoms with Gasteiger partial charge in [0, 0.05) is 38.8 Å². The summed E-state index contributed by atoms with van der Waals surface area (Å²) in [4.78, 5) is 34.0. The Bertz CT molecular complexity index is 966. The first-order chi connectivity index (χ1) is 15.1. The summed E-state index contributed by atoms with van der Waals surface area (Å²) in [6.45, 7) is 5.24. The van der Waals surface area contributed by atoms with Crippen molar-refractivity contribution < 1.29 is 14.0 Å². The van der Waals surface area contributed by atoms with Gasteiger partial charge in [-0.15, -0.1) is 0 Å². The zero-order valence-corrected chi connectivity index (χ0v) is 17.8. The Morgan fingerprint density at radius 1 is 1.10 bits per heavy atom. The number of nitrogens with one attached hydrogen (secondary N) is 2. The Balaban J connectivity index is 1.21. The number of amides is 2. The number of hydrazine groups is 1. The zero-order chi connectivity index (χ0) is 21.4. The number of fused-ring (bicyclic) bond motifs is 1. The summed E-state index contributed by atoms with van der Waals surface area (Å²) in [5, 5.41) is 0. The van der Waals surface area contributed by atoms with Crippen LogP contribution in [-0.2, 0) is 17.8 Å². The van der Waals surface area contributed by atoms with Gasteiger partial charge in [-0.1, -0.05) is 24.3 Å². The summed E-state index contributed by atoms with van der Waals surface area (Å²) < 4.78 is 5.27. The van der Waals surface area contributed by atoms with Gasteiger partial charge in [-0.2, -0.15) is 0 Å². The molecule has 5 rings (SSSR count). The lowest BCUT2D eigenvalue weighted by Crippen LogP contribution is -2.50. The Labute approximate surface area is 182 Å². The van der Waals surface area contributed by atoms with Crippen LogP contribution in [-0.4, -0.2) is 58.8 Å². The highest BCUT2D eigenvalue weighted by Gasteiger charge is 2.42. The molecule has 1 aromatic heterocycles. The standard InChI is InChI=1S/C23H29N5O3/c1-15-21(31-14-24-15)23(30)27-9-7-17(8-10-27)20-19(12-25-26-20)22(29)28-11-6-16-4-2-3-5-18(16)13-28/h2-5,14,17,19-20,25-26H,6-13H2,1H3. The molecule has 2 amide bonds. The van der Waals surface area contributed by atoms with Crippen molar-refractivity contribution in [2.75, 3.05) is 26.2 Å². The molecular weight excluding hydrogens is 394 g/mol. The van der Waals surface area contributed by atoms with E-state index in [0.29, 0.717) is 43.6 Å². The van der Waals surface area contributed by atoms with Crippen LogP contribution in [0.3, 0.4) is 0 Å². The van der Waals surface area contributed by atoms with Crippen LogP contribution in [0.4, 0.5) is 0 Å². The zero-order valence-electron chi connectivity index (χ0n) is 17.8. The van der Waals surface area contributed by atoms with Gasteiger partial charge in [0.25, 0.3) is 5.91 Å². The van der Waals surface area contributed by atoms with E-state index in [4.69, 9.17) is 4.42 Å². The van der Waals surface area contributed by atoms with E-state index in [-0.39, 0.29) is 23.8 Å². The van der Waals surface area contributed by atoms with E-state index in [1.807, 2.05) is 15.9 Å². The minimum atomic E-state index is -0.0921. The van der Waals surface area contributed by atoms with Crippen LogP contribution in [0, 0.1) is 18.8 Å². The topological polar surface area (TPSA) is 90.7 Å². The van der Waals surface area contributed by atoms with Gasteiger partial charge in [0.15, 0.2) is 6.39 Å². The van der Waals surface area contributed by atoms with Gasteiger partial charge < -0.3 is 14.2 Å². The molecule has 3 aliphatic heterocycles. The average molecular weight is 424 g/mol. The van der Waals surface area contributed by atoms with Crippen molar-refractivity contribution in [1.82, 2.24) is 25.6 Å². The number of benzene rings is 1. The molecule has 8 heteroatoms. The first kappa shape index (κ1) is 20.2. The van der Waals surface area contributed by atoms with E-state index < -0.39 is 0 Å². The summed E-state index contributed by atoms with van der Waals surface area (Å²) in [7, 11) is 0. The van der Waals surface area contributed by atoms with Crippen molar-refractivity contribution in [2.24, 2.45) is 11.8 Å². The Morgan fingerprint density at radius 3 is 2.61 bits per heavy atom. The molecule has 0 aliphatic carbocycles. The summed E-state index contributed by atoms with van der Waals surface area (Å²) in [5.41, 5.74) is 9.82. The molecular formula is C23H29N5O3. The van der Waals surface area contributed by atoms with E-state index in [0.717, 1.165) is 25.8 Å². The fraction of sp³-hybridized carbons (Fsp3) is 0.522. The predicted molar refractivity (Wildman–Crippen MR) is 114 cm³/mol. The van der Waals surface area contributed by atoms with Gasteiger partial charge in [0.05, 0.1) is 11.6 Å². The highest BCUT2D eigenvalue weighted by atomic mass is 16.3. The number of carbonyl (C=O) groups is 2. The molecule has 2 fully saturated rings. The molecule has 2 unspecified atom stereocenters. The van der Waals surface area contributed by atoms with E-state index in [2.05, 4.69) is 34.0 Å². The molecule has 0 bridgehead atoms. The summed E-state index contributed by atoms with van der Waals surface area (Å²) in [6, 6.07) is 8.49. The number of rotatable bonds is 3. The summed E-state index contributed by atoms with van der Waals surface area (Å²) in [6.07, 6.45) is 3.97. The lowest BCUT2D eigenvalue weighted by Gasteiger charge is -2.37. The monoisotopic (exact) mass is 423 g/mol. The third-order valence-corrected chi connectivity index (χ3v) is 7.06. The van der Waals surface area contributed by atoms with Crippen LogP contribution in [0.25, 0.3) is 0 Å². The second kappa shape index (κ2) is 8.43. The third kappa shape index (κ3) is 3.85. The summed E-state index contributed by atoms with van der Waals surface area (Å²) in [5.74, 6) is 0.742. The normalized spacial score (nSPS) is 24.3. The second-order valence-electron chi connectivity index (χ2n) is 8.83.